The predicted octanol–water partition coefficient (Wildman–Crippen LogP) is 8.24. The maximum atomic E-state index is 6.19. The lowest BCUT2D eigenvalue weighted by Crippen LogP contribution is -2.28. The van der Waals surface area contributed by atoms with E-state index in [4.69, 9.17) is 11.6 Å². The standard InChI is InChI=1S/C29H25Cl/c1-4-24(30)20-17-21(2)25-13-7-10-16-28(25)29(3)26-14-8-5-11-22(26)18-19-23-12-6-9-15-27(23)29/h4-20H,2H2,1,3H3/b20-17-,24-4+. The molecule has 0 fully saturated rings. The third kappa shape index (κ3) is 3.49. The number of allylic oxidation sites excluding steroid dienone is 5. The van der Waals surface area contributed by atoms with Gasteiger partial charge in [0.25, 0.3) is 0 Å². The monoisotopic (exact) mass is 408 g/mol. The fraction of sp³-hybridized carbons (Fsp3) is 0.103. The van der Waals surface area contributed by atoms with Crippen molar-refractivity contribution in [3.63, 3.8) is 0 Å². The molecule has 3 aromatic rings. The quantitative estimate of drug-likeness (QED) is 0.381. The van der Waals surface area contributed by atoms with E-state index in [9.17, 15) is 0 Å². The van der Waals surface area contributed by atoms with Crippen LogP contribution in [0.2, 0.25) is 0 Å². The predicted molar refractivity (Wildman–Crippen MR) is 132 cm³/mol. The van der Waals surface area contributed by atoms with Gasteiger partial charge in [-0.1, -0.05) is 115 Å². The average Bonchev–Trinajstić information content (AvgIpc) is 2.93. The zero-order valence-corrected chi connectivity index (χ0v) is 18.2. The van der Waals surface area contributed by atoms with Gasteiger partial charge < -0.3 is 0 Å². The van der Waals surface area contributed by atoms with Crippen LogP contribution >= 0.6 is 11.6 Å². The Balaban J connectivity index is 1.98. The third-order valence-electron chi connectivity index (χ3n) is 5.97. The molecule has 0 spiro atoms. The molecule has 30 heavy (non-hydrogen) atoms. The molecule has 0 atom stereocenters. The van der Waals surface area contributed by atoms with Gasteiger partial charge in [-0.3, -0.25) is 0 Å². The van der Waals surface area contributed by atoms with Crippen molar-refractivity contribution in [2.75, 3.05) is 0 Å². The number of benzene rings is 3. The van der Waals surface area contributed by atoms with Crippen molar-refractivity contribution in [3.8, 4) is 0 Å². The van der Waals surface area contributed by atoms with Crippen molar-refractivity contribution in [2.45, 2.75) is 19.3 Å². The van der Waals surface area contributed by atoms with Crippen molar-refractivity contribution in [2.24, 2.45) is 0 Å². The van der Waals surface area contributed by atoms with E-state index in [1.807, 2.05) is 25.2 Å². The van der Waals surface area contributed by atoms with Crippen LogP contribution in [0, 0.1) is 0 Å². The number of fused-ring (bicyclic) bond motifs is 2. The van der Waals surface area contributed by atoms with E-state index in [2.05, 4.69) is 98.5 Å². The van der Waals surface area contributed by atoms with Crippen LogP contribution in [0.4, 0.5) is 0 Å². The fourth-order valence-electron chi connectivity index (χ4n) is 4.38. The van der Waals surface area contributed by atoms with Crippen molar-refractivity contribution < 1.29 is 0 Å². The minimum atomic E-state index is -0.325. The average molecular weight is 409 g/mol. The van der Waals surface area contributed by atoms with Crippen molar-refractivity contribution in [1.29, 1.82) is 0 Å². The van der Waals surface area contributed by atoms with E-state index in [0.29, 0.717) is 5.03 Å². The fourth-order valence-corrected chi connectivity index (χ4v) is 4.44. The van der Waals surface area contributed by atoms with Gasteiger partial charge in [-0.25, -0.2) is 0 Å². The van der Waals surface area contributed by atoms with Gasteiger partial charge in [-0.2, -0.15) is 0 Å². The van der Waals surface area contributed by atoms with Gasteiger partial charge in [-0.15, -0.1) is 0 Å². The summed E-state index contributed by atoms with van der Waals surface area (Å²) in [5, 5.41) is 0.703. The summed E-state index contributed by atoms with van der Waals surface area (Å²) < 4.78 is 0. The topological polar surface area (TPSA) is 0 Å². The van der Waals surface area contributed by atoms with E-state index in [0.717, 1.165) is 11.1 Å². The molecule has 0 unspecified atom stereocenters. The summed E-state index contributed by atoms with van der Waals surface area (Å²) in [7, 11) is 0. The highest BCUT2D eigenvalue weighted by molar-refractivity contribution is 6.31. The summed E-state index contributed by atoms with van der Waals surface area (Å²) >= 11 is 6.19. The minimum absolute atomic E-state index is 0.325. The number of halogens is 1. The molecule has 1 aliphatic rings. The summed E-state index contributed by atoms with van der Waals surface area (Å²) in [6, 6.07) is 25.9. The molecule has 0 bridgehead atoms. The van der Waals surface area contributed by atoms with Crippen molar-refractivity contribution in [1.82, 2.24) is 0 Å². The first-order chi connectivity index (χ1) is 14.6. The maximum absolute atomic E-state index is 6.19. The van der Waals surface area contributed by atoms with Crippen LogP contribution in [0.15, 0.2) is 103 Å². The lowest BCUT2D eigenvalue weighted by atomic mass is 9.67. The Bertz CT molecular complexity index is 1140. The Morgan fingerprint density at radius 3 is 1.83 bits per heavy atom. The minimum Gasteiger partial charge on any atom is -0.0911 e. The van der Waals surface area contributed by atoms with Gasteiger partial charge in [0.2, 0.25) is 0 Å². The first-order valence-electron chi connectivity index (χ1n) is 10.2. The molecule has 0 aliphatic heterocycles. The highest BCUT2D eigenvalue weighted by Gasteiger charge is 2.36. The second kappa shape index (κ2) is 8.34. The van der Waals surface area contributed by atoms with Crippen molar-refractivity contribution >= 4 is 29.3 Å². The summed E-state index contributed by atoms with van der Waals surface area (Å²) in [6.07, 6.45) is 10.2. The van der Waals surface area contributed by atoms with Crippen LogP contribution in [0.1, 0.15) is 47.2 Å². The smallest absolute Gasteiger partial charge is 0.0441 e. The second-order valence-corrected chi connectivity index (χ2v) is 8.15. The summed E-state index contributed by atoms with van der Waals surface area (Å²) in [5.74, 6) is 0. The normalized spacial score (nSPS) is 14.8. The van der Waals surface area contributed by atoms with E-state index < -0.39 is 0 Å². The lowest BCUT2D eigenvalue weighted by molar-refractivity contribution is 0.689. The van der Waals surface area contributed by atoms with Crippen LogP contribution in [0.3, 0.4) is 0 Å². The van der Waals surface area contributed by atoms with E-state index >= 15 is 0 Å². The molecule has 1 heteroatoms. The van der Waals surface area contributed by atoms with Gasteiger partial charge in [0, 0.05) is 10.4 Å². The van der Waals surface area contributed by atoms with Gasteiger partial charge in [0.05, 0.1) is 0 Å². The molecule has 0 N–H and O–H groups in total. The van der Waals surface area contributed by atoms with Crippen molar-refractivity contribution in [3.05, 3.63) is 136 Å². The Morgan fingerprint density at radius 2 is 1.27 bits per heavy atom. The van der Waals surface area contributed by atoms with Crippen LogP contribution in [0.25, 0.3) is 17.7 Å². The molecule has 0 saturated carbocycles. The molecule has 0 amide bonds. The zero-order chi connectivity index (χ0) is 21.1. The molecule has 0 saturated heterocycles. The molecule has 0 radical (unpaired) electrons. The Labute approximate surface area is 184 Å². The Hall–Kier alpha value is -3.09. The van der Waals surface area contributed by atoms with Crippen LogP contribution in [0.5, 0.6) is 0 Å². The Morgan fingerprint density at radius 1 is 0.767 bits per heavy atom. The summed E-state index contributed by atoms with van der Waals surface area (Å²) in [6.45, 7) is 8.62. The van der Waals surface area contributed by atoms with Gasteiger partial charge in [0.15, 0.2) is 0 Å². The summed E-state index contributed by atoms with van der Waals surface area (Å²) in [4.78, 5) is 0. The molecular weight excluding hydrogens is 384 g/mol. The number of hydrogen-bond acceptors (Lipinski definition) is 0. The van der Waals surface area contributed by atoms with E-state index in [-0.39, 0.29) is 5.41 Å². The van der Waals surface area contributed by atoms with Gasteiger partial charge >= 0.3 is 0 Å². The molecule has 0 nitrogen and oxygen atoms in total. The molecule has 4 rings (SSSR count). The van der Waals surface area contributed by atoms with Crippen LogP contribution < -0.4 is 0 Å². The lowest BCUT2D eigenvalue weighted by Gasteiger charge is -2.35. The van der Waals surface area contributed by atoms with Crippen LogP contribution in [-0.4, -0.2) is 0 Å². The summed E-state index contributed by atoms with van der Waals surface area (Å²) in [5.41, 5.74) is 8.05. The number of rotatable bonds is 4. The number of hydrogen-bond donors (Lipinski definition) is 0. The first kappa shape index (κ1) is 20.2. The molecule has 0 heterocycles. The van der Waals surface area contributed by atoms with Gasteiger partial charge in [-0.05, 0) is 58.9 Å². The molecule has 1 aliphatic carbocycles. The van der Waals surface area contributed by atoms with E-state index in [1.165, 1.54) is 27.8 Å². The van der Waals surface area contributed by atoms with Crippen LogP contribution in [-0.2, 0) is 5.41 Å². The second-order valence-electron chi connectivity index (χ2n) is 7.71. The zero-order valence-electron chi connectivity index (χ0n) is 17.4. The van der Waals surface area contributed by atoms with Gasteiger partial charge in [0.1, 0.15) is 0 Å². The third-order valence-corrected chi connectivity index (χ3v) is 6.32. The SMILES string of the molecule is C=C(/C=C\C(Cl)=C/C)c1ccccc1C1(C)c2ccccc2C=Cc2ccccc21. The van der Waals surface area contributed by atoms with E-state index in [1.54, 1.807) is 0 Å². The highest BCUT2D eigenvalue weighted by Crippen LogP contribution is 2.46. The first-order valence-corrected chi connectivity index (χ1v) is 10.6. The maximum Gasteiger partial charge on any atom is 0.0441 e. The molecule has 0 aromatic heterocycles. The molecule has 148 valence electrons. The molecular formula is C29H25Cl. The Kier molecular flexibility index (Phi) is 5.61. The molecule has 3 aromatic carbocycles. The highest BCUT2D eigenvalue weighted by atomic mass is 35.5. The largest absolute Gasteiger partial charge is 0.0911 e.